The van der Waals surface area contributed by atoms with E-state index in [1.807, 2.05) is 0 Å². The number of aliphatic hydroxyl groups excluding tert-OH is 1. The Bertz CT molecular complexity index is 305. The number of aliphatic hydroxyl groups is 1. The first-order valence-corrected chi connectivity index (χ1v) is 8.11. The number of piperidine rings is 2. The smallest absolute Gasteiger partial charge is 0.317 e. The Hall–Kier alpha value is -0.810. The third kappa shape index (κ3) is 4.63. The molecule has 0 radical (unpaired) electrons. The van der Waals surface area contributed by atoms with Crippen molar-refractivity contribution in [2.75, 3.05) is 32.7 Å². The van der Waals surface area contributed by atoms with Gasteiger partial charge >= 0.3 is 6.03 Å². The fourth-order valence-corrected chi connectivity index (χ4v) is 3.18. The second-order valence-electron chi connectivity index (χ2n) is 6.21. The van der Waals surface area contributed by atoms with Crippen LogP contribution >= 0.6 is 0 Å². The Kier molecular flexibility index (Phi) is 6.10. The van der Waals surface area contributed by atoms with Crippen molar-refractivity contribution in [1.82, 2.24) is 15.1 Å². The minimum absolute atomic E-state index is 0.0189. The second-order valence-corrected chi connectivity index (χ2v) is 6.21. The van der Waals surface area contributed by atoms with Crippen LogP contribution in [0.4, 0.5) is 4.79 Å². The molecule has 5 heteroatoms. The van der Waals surface area contributed by atoms with Gasteiger partial charge in [0.05, 0.1) is 6.10 Å². The molecule has 0 aromatic rings. The van der Waals surface area contributed by atoms with E-state index in [1.54, 1.807) is 4.90 Å². The fourth-order valence-electron chi connectivity index (χ4n) is 3.18. The molecule has 2 N–H and O–H groups in total. The summed E-state index contributed by atoms with van der Waals surface area (Å²) in [6.07, 6.45) is 6.35. The Morgan fingerprint density at radius 1 is 1.25 bits per heavy atom. The van der Waals surface area contributed by atoms with Crippen molar-refractivity contribution in [3.63, 3.8) is 0 Å². The van der Waals surface area contributed by atoms with Crippen LogP contribution in [0.3, 0.4) is 0 Å². The second kappa shape index (κ2) is 7.84. The van der Waals surface area contributed by atoms with Crippen molar-refractivity contribution >= 4 is 6.03 Å². The molecule has 2 aliphatic heterocycles. The summed E-state index contributed by atoms with van der Waals surface area (Å²) in [7, 11) is 0. The van der Waals surface area contributed by atoms with Gasteiger partial charge in [0.2, 0.25) is 0 Å². The number of likely N-dealkylation sites (tertiary alicyclic amines) is 2. The molecule has 116 valence electrons. The molecule has 2 rings (SSSR count). The average Bonchev–Trinajstić information content (AvgIpc) is 2.48. The van der Waals surface area contributed by atoms with Crippen LogP contribution in [0, 0.1) is 0 Å². The molecule has 0 bridgehead atoms. The van der Waals surface area contributed by atoms with Gasteiger partial charge in [-0.15, -0.1) is 0 Å². The number of urea groups is 1. The number of rotatable bonds is 4. The predicted molar refractivity (Wildman–Crippen MR) is 79.7 cm³/mol. The van der Waals surface area contributed by atoms with Crippen molar-refractivity contribution in [2.45, 2.75) is 57.6 Å². The van der Waals surface area contributed by atoms with Gasteiger partial charge in [-0.2, -0.15) is 0 Å². The summed E-state index contributed by atoms with van der Waals surface area (Å²) in [5.74, 6) is 0. The highest BCUT2D eigenvalue weighted by molar-refractivity contribution is 5.74. The maximum absolute atomic E-state index is 12.0. The van der Waals surface area contributed by atoms with Gasteiger partial charge in [-0.25, -0.2) is 4.79 Å². The molecule has 2 unspecified atom stereocenters. The van der Waals surface area contributed by atoms with Gasteiger partial charge in [0, 0.05) is 25.7 Å². The molecule has 0 aliphatic carbocycles. The third-order valence-corrected chi connectivity index (χ3v) is 4.54. The lowest BCUT2D eigenvalue weighted by Gasteiger charge is -2.33. The zero-order valence-electron chi connectivity index (χ0n) is 12.7. The zero-order chi connectivity index (χ0) is 14.4. The lowest BCUT2D eigenvalue weighted by molar-refractivity contribution is 0.0839. The maximum Gasteiger partial charge on any atom is 0.317 e. The highest BCUT2D eigenvalue weighted by atomic mass is 16.3. The van der Waals surface area contributed by atoms with Crippen LogP contribution in [0.15, 0.2) is 0 Å². The lowest BCUT2D eigenvalue weighted by atomic mass is 10.1. The van der Waals surface area contributed by atoms with Crippen LogP contribution in [0.1, 0.15) is 45.4 Å². The molecule has 0 aromatic carbocycles. The highest BCUT2D eigenvalue weighted by Crippen LogP contribution is 2.14. The van der Waals surface area contributed by atoms with Crippen molar-refractivity contribution in [3.8, 4) is 0 Å². The summed E-state index contributed by atoms with van der Waals surface area (Å²) < 4.78 is 0. The number of β-amino-alcohol motifs (C(OH)–C–C–N with tert-alkyl or cyclic N) is 1. The third-order valence-electron chi connectivity index (χ3n) is 4.54. The van der Waals surface area contributed by atoms with E-state index in [2.05, 4.69) is 17.1 Å². The van der Waals surface area contributed by atoms with Crippen molar-refractivity contribution < 1.29 is 9.90 Å². The number of carbonyl (C=O) groups is 1. The number of nitrogens with zero attached hydrogens (tertiary/aromatic N) is 2. The van der Waals surface area contributed by atoms with E-state index in [-0.39, 0.29) is 12.1 Å². The van der Waals surface area contributed by atoms with Crippen molar-refractivity contribution in [1.29, 1.82) is 0 Å². The number of nitrogens with one attached hydrogen (secondary N) is 1. The van der Waals surface area contributed by atoms with Gasteiger partial charge in [-0.1, -0.05) is 6.42 Å². The Morgan fingerprint density at radius 2 is 2.00 bits per heavy atom. The molecule has 2 heterocycles. The van der Waals surface area contributed by atoms with E-state index in [9.17, 15) is 9.90 Å². The van der Waals surface area contributed by atoms with E-state index in [4.69, 9.17) is 0 Å². The molecule has 2 atom stereocenters. The lowest BCUT2D eigenvalue weighted by Crippen LogP contribution is -2.48. The first-order valence-electron chi connectivity index (χ1n) is 8.11. The number of hydrogen-bond donors (Lipinski definition) is 2. The van der Waals surface area contributed by atoms with Crippen molar-refractivity contribution in [2.24, 2.45) is 0 Å². The van der Waals surface area contributed by atoms with Crippen LogP contribution < -0.4 is 5.32 Å². The standard InChI is InChI=1S/C15H29N3O2/c1-13(17-9-3-2-4-10-17)7-8-16-15(20)18-11-5-6-14(19)12-18/h13-14,19H,2-12H2,1H3,(H,16,20). The Morgan fingerprint density at radius 3 is 2.70 bits per heavy atom. The van der Waals surface area contributed by atoms with Gasteiger partial charge in [-0.3, -0.25) is 0 Å². The number of amides is 2. The van der Waals surface area contributed by atoms with Gasteiger partial charge in [0.1, 0.15) is 0 Å². The van der Waals surface area contributed by atoms with Crippen LogP contribution in [0.2, 0.25) is 0 Å². The van der Waals surface area contributed by atoms with Crippen LogP contribution in [-0.4, -0.2) is 65.8 Å². The summed E-state index contributed by atoms with van der Waals surface area (Å²) in [5.41, 5.74) is 0. The van der Waals surface area contributed by atoms with Gasteiger partial charge < -0.3 is 20.2 Å². The zero-order valence-corrected chi connectivity index (χ0v) is 12.7. The van der Waals surface area contributed by atoms with Crippen molar-refractivity contribution in [3.05, 3.63) is 0 Å². The van der Waals surface area contributed by atoms with Crippen LogP contribution in [0.25, 0.3) is 0 Å². The summed E-state index contributed by atoms with van der Waals surface area (Å²) >= 11 is 0. The minimum Gasteiger partial charge on any atom is -0.391 e. The monoisotopic (exact) mass is 283 g/mol. The fraction of sp³-hybridized carbons (Fsp3) is 0.933. The molecule has 2 saturated heterocycles. The Balaban J connectivity index is 1.63. The SMILES string of the molecule is CC(CCNC(=O)N1CCCC(O)C1)N1CCCCC1. The van der Waals surface area contributed by atoms with Crippen LogP contribution in [-0.2, 0) is 0 Å². The highest BCUT2D eigenvalue weighted by Gasteiger charge is 2.22. The van der Waals surface area contributed by atoms with Gasteiger partial charge in [-0.05, 0) is 52.1 Å². The molecule has 0 saturated carbocycles. The van der Waals surface area contributed by atoms with Gasteiger partial charge in [0.15, 0.2) is 0 Å². The molecule has 20 heavy (non-hydrogen) atoms. The number of carbonyl (C=O) groups excluding carboxylic acids is 1. The van der Waals surface area contributed by atoms with E-state index in [0.717, 1.165) is 32.4 Å². The summed E-state index contributed by atoms with van der Waals surface area (Å²) in [5, 5.41) is 12.6. The topological polar surface area (TPSA) is 55.8 Å². The average molecular weight is 283 g/mol. The molecular weight excluding hydrogens is 254 g/mol. The normalized spacial score (nSPS) is 26.3. The first kappa shape index (κ1) is 15.6. The molecule has 5 nitrogen and oxygen atoms in total. The molecule has 2 amide bonds. The molecular formula is C15H29N3O2. The quantitative estimate of drug-likeness (QED) is 0.820. The van der Waals surface area contributed by atoms with Crippen LogP contribution in [0.5, 0.6) is 0 Å². The summed E-state index contributed by atoms with van der Waals surface area (Å²) in [6.45, 7) is 6.63. The first-order chi connectivity index (χ1) is 9.66. The molecule has 2 aliphatic rings. The summed E-state index contributed by atoms with van der Waals surface area (Å²) in [6, 6.07) is 0.525. The minimum atomic E-state index is -0.346. The Labute approximate surface area is 122 Å². The molecule has 2 fully saturated rings. The van der Waals surface area contributed by atoms with E-state index >= 15 is 0 Å². The number of hydrogen-bond acceptors (Lipinski definition) is 3. The van der Waals surface area contributed by atoms with Gasteiger partial charge in [0.25, 0.3) is 0 Å². The molecule has 0 spiro atoms. The predicted octanol–water partition coefficient (Wildman–Crippen LogP) is 1.42. The van der Waals surface area contributed by atoms with E-state index in [0.29, 0.717) is 12.6 Å². The maximum atomic E-state index is 12.0. The largest absolute Gasteiger partial charge is 0.391 e. The van der Waals surface area contributed by atoms with E-state index < -0.39 is 0 Å². The van der Waals surface area contributed by atoms with E-state index in [1.165, 1.54) is 32.4 Å². The molecule has 0 aromatic heterocycles. The summed E-state index contributed by atoms with van der Waals surface area (Å²) in [4.78, 5) is 16.3.